The molecule has 27 heavy (non-hydrogen) atoms. The number of ketones is 3. The minimum Gasteiger partial charge on any atom is -0.493 e. The normalized spacial score (nSPS) is 13.3. The summed E-state index contributed by atoms with van der Waals surface area (Å²) in [6.45, 7) is -0.176. The third kappa shape index (κ3) is 3.22. The van der Waals surface area contributed by atoms with Gasteiger partial charge in [0.2, 0.25) is 11.6 Å². The summed E-state index contributed by atoms with van der Waals surface area (Å²) in [5.74, 6) is -1.48. The number of ether oxygens (including phenoxy) is 2. The van der Waals surface area contributed by atoms with Gasteiger partial charge < -0.3 is 13.9 Å². The van der Waals surface area contributed by atoms with E-state index in [2.05, 4.69) is 31.9 Å². The van der Waals surface area contributed by atoms with Crippen molar-refractivity contribution in [3.05, 3.63) is 51.4 Å². The minimum absolute atomic E-state index is 0.0342. The van der Waals surface area contributed by atoms with Crippen LogP contribution in [0.15, 0.2) is 33.4 Å². The number of nitrogens with zero attached hydrogens (tertiary/aromatic N) is 1. The summed E-state index contributed by atoms with van der Waals surface area (Å²) in [5.41, 5.74) is 0.0710. The van der Waals surface area contributed by atoms with E-state index in [0.717, 1.165) is 6.26 Å². The summed E-state index contributed by atoms with van der Waals surface area (Å²) in [6, 6.07) is 6.21. The van der Waals surface area contributed by atoms with Gasteiger partial charge in [-0.25, -0.2) is 0 Å². The Morgan fingerprint density at radius 3 is 2.59 bits per heavy atom. The van der Waals surface area contributed by atoms with E-state index in [1.54, 1.807) is 0 Å². The van der Waals surface area contributed by atoms with Gasteiger partial charge in [0.15, 0.2) is 29.6 Å². The first-order chi connectivity index (χ1) is 12.9. The Kier molecular flexibility index (Phi) is 5.30. The quantitative estimate of drug-likeness (QED) is 0.461. The fourth-order valence-corrected chi connectivity index (χ4v) is 3.35. The van der Waals surface area contributed by atoms with Crippen LogP contribution in [0.1, 0.15) is 32.0 Å². The molecule has 0 N–H and O–H groups in total. The largest absolute Gasteiger partial charge is 0.493 e. The Labute approximate surface area is 169 Å². The van der Waals surface area contributed by atoms with Crippen LogP contribution in [0.3, 0.4) is 0 Å². The lowest BCUT2D eigenvalue weighted by Crippen LogP contribution is -2.22. The first-order valence-corrected chi connectivity index (χ1v) is 8.98. The van der Waals surface area contributed by atoms with E-state index in [1.807, 2.05) is 6.07 Å². The second kappa shape index (κ2) is 7.50. The molecule has 9 heteroatoms. The molecule has 0 amide bonds. The van der Waals surface area contributed by atoms with Gasteiger partial charge in [-0.1, -0.05) is 0 Å². The standard InChI is InChI=1S/C18H9Br2NO6/c1-25-11-6-8(2-3-10(11)26-5-4-21)15(22)9-7-27-18-12(9)16(23)17(24)13(19)14(18)20/h2-3,6-7H,5H2,1H3. The van der Waals surface area contributed by atoms with E-state index in [9.17, 15) is 14.4 Å². The molecule has 1 heterocycles. The summed E-state index contributed by atoms with van der Waals surface area (Å²) in [4.78, 5) is 37.3. The van der Waals surface area contributed by atoms with Gasteiger partial charge >= 0.3 is 0 Å². The number of furan rings is 1. The van der Waals surface area contributed by atoms with Crippen molar-refractivity contribution in [1.29, 1.82) is 5.26 Å². The summed E-state index contributed by atoms with van der Waals surface area (Å²) in [6.07, 6.45) is 1.14. The number of Topliss-reactive ketones (excluding diaryl/α,β-unsaturated/α-hetero) is 2. The molecule has 7 nitrogen and oxygen atoms in total. The van der Waals surface area contributed by atoms with Crippen molar-refractivity contribution in [3.63, 3.8) is 0 Å². The van der Waals surface area contributed by atoms with Crippen LogP contribution in [0.25, 0.3) is 4.48 Å². The number of hydrogen-bond donors (Lipinski definition) is 0. The van der Waals surface area contributed by atoms with Gasteiger partial charge in [-0.3, -0.25) is 14.4 Å². The van der Waals surface area contributed by atoms with Crippen molar-refractivity contribution in [2.75, 3.05) is 13.7 Å². The predicted octanol–water partition coefficient (Wildman–Crippen LogP) is 3.65. The highest BCUT2D eigenvalue weighted by Crippen LogP contribution is 2.39. The molecule has 136 valence electrons. The van der Waals surface area contributed by atoms with Crippen LogP contribution in [-0.4, -0.2) is 31.1 Å². The third-order valence-corrected chi connectivity index (χ3v) is 5.82. The van der Waals surface area contributed by atoms with Crippen molar-refractivity contribution < 1.29 is 28.3 Å². The monoisotopic (exact) mass is 493 g/mol. The maximum atomic E-state index is 12.9. The van der Waals surface area contributed by atoms with Crippen LogP contribution in [-0.2, 0) is 4.79 Å². The number of rotatable bonds is 5. The fraction of sp³-hybridized carbons (Fsp3) is 0.111. The summed E-state index contributed by atoms with van der Waals surface area (Å²) in [7, 11) is 1.39. The first-order valence-electron chi connectivity index (χ1n) is 7.39. The minimum atomic E-state index is -0.835. The van der Waals surface area contributed by atoms with Gasteiger partial charge in [0.25, 0.3) is 0 Å². The second-order valence-electron chi connectivity index (χ2n) is 5.28. The number of carbonyl (C=O) groups is 3. The number of allylic oxidation sites excluding steroid dienone is 1. The van der Waals surface area contributed by atoms with E-state index in [-0.39, 0.29) is 43.8 Å². The maximum absolute atomic E-state index is 12.9. The third-order valence-electron chi connectivity index (χ3n) is 3.78. The smallest absolute Gasteiger partial charge is 0.241 e. The second-order valence-corrected chi connectivity index (χ2v) is 6.87. The number of hydrogen-bond acceptors (Lipinski definition) is 7. The molecule has 1 aliphatic carbocycles. The SMILES string of the molecule is COc1cc(C(=O)c2coc3c2C(=O)C(=O)C(Br)=C3Br)ccc1OCC#N. The molecule has 1 aliphatic rings. The number of benzene rings is 1. The molecule has 0 atom stereocenters. The van der Waals surface area contributed by atoms with Gasteiger partial charge in [0, 0.05) is 5.56 Å². The van der Waals surface area contributed by atoms with Crippen LogP contribution < -0.4 is 9.47 Å². The van der Waals surface area contributed by atoms with Crippen LogP contribution in [0.2, 0.25) is 0 Å². The highest BCUT2D eigenvalue weighted by molar-refractivity contribution is 9.16. The molecule has 0 radical (unpaired) electrons. The van der Waals surface area contributed by atoms with Crippen LogP contribution in [0.5, 0.6) is 11.5 Å². The topological polar surface area (TPSA) is 107 Å². The van der Waals surface area contributed by atoms with Crippen LogP contribution in [0.4, 0.5) is 0 Å². The molecule has 0 spiro atoms. The Morgan fingerprint density at radius 2 is 1.93 bits per heavy atom. The average Bonchev–Trinajstić information content (AvgIpc) is 3.13. The Bertz CT molecular complexity index is 1060. The Balaban J connectivity index is 2.04. The number of fused-ring (bicyclic) bond motifs is 1. The molecular formula is C18H9Br2NO6. The van der Waals surface area contributed by atoms with Gasteiger partial charge in [-0.05, 0) is 50.1 Å². The zero-order chi connectivity index (χ0) is 19.7. The number of carbonyl (C=O) groups excluding carboxylic acids is 3. The van der Waals surface area contributed by atoms with Gasteiger partial charge in [0.1, 0.15) is 12.3 Å². The number of methoxy groups -OCH3 is 1. The molecular weight excluding hydrogens is 486 g/mol. The van der Waals surface area contributed by atoms with Crippen molar-refractivity contribution in [2.45, 2.75) is 0 Å². The number of nitriles is 1. The lowest BCUT2D eigenvalue weighted by atomic mass is 9.94. The average molecular weight is 495 g/mol. The van der Waals surface area contributed by atoms with Crippen molar-refractivity contribution in [2.24, 2.45) is 0 Å². The van der Waals surface area contributed by atoms with Gasteiger partial charge in [-0.2, -0.15) is 5.26 Å². The molecule has 0 bridgehead atoms. The van der Waals surface area contributed by atoms with Crippen molar-refractivity contribution >= 4 is 53.7 Å². The Morgan fingerprint density at radius 1 is 1.19 bits per heavy atom. The van der Waals surface area contributed by atoms with E-state index >= 15 is 0 Å². The van der Waals surface area contributed by atoms with Crippen molar-refractivity contribution in [3.8, 4) is 17.6 Å². The first kappa shape index (κ1) is 19.1. The molecule has 1 aromatic heterocycles. The molecule has 0 aliphatic heterocycles. The molecule has 2 aromatic rings. The van der Waals surface area contributed by atoms with E-state index in [0.29, 0.717) is 5.75 Å². The number of halogens is 2. The highest BCUT2D eigenvalue weighted by atomic mass is 79.9. The van der Waals surface area contributed by atoms with Gasteiger partial charge in [0.05, 0.1) is 27.2 Å². The maximum Gasteiger partial charge on any atom is 0.241 e. The van der Waals surface area contributed by atoms with Crippen molar-refractivity contribution in [1.82, 2.24) is 0 Å². The molecule has 0 fully saturated rings. The zero-order valence-corrected chi connectivity index (χ0v) is 16.8. The predicted molar refractivity (Wildman–Crippen MR) is 100 cm³/mol. The highest BCUT2D eigenvalue weighted by Gasteiger charge is 2.37. The van der Waals surface area contributed by atoms with Crippen LogP contribution in [0, 0.1) is 11.3 Å². The molecule has 0 unspecified atom stereocenters. The summed E-state index contributed by atoms with van der Waals surface area (Å²) >= 11 is 6.22. The molecule has 0 saturated carbocycles. The summed E-state index contributed by atoms with van der Waals surface area (Å²) in [5, 5.41) is 8.61. The summed E-state index contributed by atoms with van der Waals surface area (Å²) < 4.78 is 16.0. The lowest BCUT2D eigenvalue weighted by Gasteiger charge is -2.11. The van der Waals surface area contributed by atoms with E-state index in [1.165, 1.54) is 25.3 Å². The Hall–Kier alpha value is -2.70. The lowest BCUT2D eigenvalue weighted by molar-refractivity contribution is -0.111. The fourth-order valence-electron chi connectivity index (χ4n) is 2.52. The van der Waals surface area contributed by atoms with Gasteiger partial charge in [-0.15, -0.1) is 0 Å². The molecule has 0 saturated heterocycles. The zero-order valence-electron chi connectivity index (χ0n) is 13.7. The molecule has 1 aromatic carbocycles. The van der Waals surface area contributed by atoms with E-state index < -0.39 is 17.3 Å². The molecule has 3 rings (SSSR count). The van der Waals surface area contributed by atoms with E-state index in [4.69, 9.17) is 19.2 Å². The van der Waals surface area contributed by atoms with Crippen LogP contribution >= 0.6 is 31.9 Å².